The zero-order valence-electron chi connectivity index (χ0n) is 14.7. The average Bonchev–Trinajstić information content (AvgIpc) is 2.67. The molecule has 1 unspecified atom stereocenters. The lowest BCUT2D eigenvalue weighted by Crippen LogP contribution is -2.42. The highest BCUT2D eigenvalue weighted by Crippen LogP contribution is 2.25. The van der Waals surface area contributed by atoms with Gasteiger partial charge in [-0.25, -0.2) is 0 Å². The van der Waals surface area contributed by atoms with E-state index < -0.39 is 0 Å². The monoisotopic (exact) mass is 354 g/mol. The molecule has 1 fully saturated rings. The molecule has 0 bridgehead atoms. The van der Waals surface area contributed by atoms with Gasteiger partial charge in [-0.2, -0.15) is 0 Å². The third-order valence-electron chi connectivity index (χ3n) is 4.92. The van der Waals surface area contributed by atoms with Crippen LogP contribution in [0.15, 0.2) is 59.5 Å². The lowest BCUT2D eigenvalue weighted by molar-refractivity contribution is 0.0681. The van der Waals surface area contributed by atoms with Gasteiger partial charge in [0.2, 0.25) is 0 Å². The molecule has 1 aliphatic heterocycles. The number of rotatable bonds is 5. The number of amides is 1. The highest BCUT2D eigenvalue weighted by atomic mass is 32.2. The van der Waals surface area contributed by atoms with Crippen LogP contribution in [0, 0.1) is 5.92 Å². The van der Waals surface area contributed by atoms with Crippen molar-refractivity contribution in [1.82, 2.24) is 4.90 Å². The molecule has 1 atom stereocenters. The van der Waals surface area contributed by atoms with Crippen LogP contribution in [-0.2, 0) is 5.75 Å². The van der Waals surface area contributed by atoms with E-state index in [1.807, 2.05) is 23.1 Å². The van der Waals surface area contributed by atoms with E-state index in [0.717, 1.165) is 37.2 Å². The molecule has 0 radical (unpaired) electrons. The van der Waals surface area contributed by atoms with Gasteiger partial charge in [-0.05, 0) is 55.5 Å². The van der Waals surface area contributed by atoms with E-state index in [2.05, 4.69) is 43.3 Å². The Hall–Kier alpha value is -1.78. The third-order valence-corrected chi connectivity index (χ3v) is 6.00. The minimum atomic E-state index is 0.141. The summed E-state index contributed by atoms with van der Waals surface area (Å²) in [6.45, 7) is 3.69. The normalized spacial score (nSPS) is 16.6. The van der Waals surface area contributed by atoms with Crippen LogP contribution in [0.2, 0.25) is 0 Å². The molecule has 4 heteroatoms. The predicted octanol–water partition coefficient (Wildman–Crippen LogP) is 4.18. The van der Waals surface area contributed by atoms with Crippen LogP contribution in [0.1, 0.15) is 35.7 Å². The lowest BCUT2D eigenvalue weighted by atomic mass is 9.90. The van der Waals surface area contributed by atoms with Gasteiger partial charge in [0, 0.05) is 35.3 Å². The van der Waals surface area contributed by atoms with E-state index in [1.165, 1.54) is 10.5 Å². The Labute approximate surface area is 154 Å². The van der Waals surface area contributed by atoms with Crippen molar-refractivity contribution >= 4 is 17.7 Å². The summed E-state index contributed by atoms with van der Waals surface area (Å²) in [5.74, 6) is 1.63. The first-order valence-electron chi connectivity index (χ1n) is 8.95. The molecule has 2 aromatic carbocycles. The van der Waals surface area contributed by atoms with Crippen molar-refractivity contribution in [2.24, 2.45) is 11.7 Å². The minimum absolute atomic E-state index is 0.141. The van der Waals surface area contributed by atoms with Gasteiger partial charge < -0.3 is 10.6 Å². The average molecular weight is 355 g/mol. The summed E-state index contributed by atoms with van der Waals surface area (Å²) in [5, 5.41) is 0. The molecule has 25 heavy (non-hydrogen) atoms. The molecule has 0 aliphatic carbocycles. The maximum atomic E-state index is 12.7. The van der Waals surface area contributed by atoms with Gasteiger partial charge in [0.05, 0.1) is 0 Å². The summed E-state index contributed by atoms with van der Waals surface area (Å²) < 4.78 is 0. The number of thioether (sulfide) groups is 1. The SMILES string of the molecule is CC(N)C1CCN(C(=O)c2ccc(SCc3ccccc3)cc2)CC1. The Bertz CT molecular complexity index is 677. The largest absolute Gasteiger partial charge is 0.339 e. The van der Waals surface area contributed by atoms with Gasteiger partial charge in [-0.15, -0.1) is 11.8 Å². The fraction of sp³-hybridized carbons (Fsp3) is 0.381. The molecule has 2 N–H and O–H groups in total. The highest BCUT2D eigenvalue weighted by molar-refractivity contribution is 7.98. The molecular formula is C21H26N2OS. The van der Waals surface area contributed by atoms with Crippen LogP contribution in [0.25, 0.3) is 0 Å². The molecule has 1 aliphatic rings. The summed E-state index contributed by atoms with van der Waals surface area (Å²) in [6, 6.07) is 18.7. The van der Waals surface area contributed by atoms with Gasteiger partial charge in [0.1, 0.15) is 0 Å². The van der Waals surface area contributed by atoms with Gasteiger partial charge >= 0.3 is 0 Å². The zero-order valence-corrected chi connectivity index (χ0v) is 15.5. The number of hydrogen-bond donors (Lipinski definition) is 1. The first kappa shape index (κ1) is 18.0. The van der Waals surface area contributed by atoms with E-state index in [1.54, 1.807) is 11.8 Å². The third kappa shape index (κ3) is 4.86. The minimum Gasteiger partial charge on any atom is -0.339 e. The van der Waals surface area contributed by atoms with Crippen LogP contribution in [-0.4, -0.2) is 29.9 Å². The smallest absolute Gasteiger partial charge is 0.253 e. The van der Waals surface area contributed by atoms with Gasteiger partial charge in [0.25, 0.3) is 5.91 Å². The predicted molar refractivity (Wildman–Crippen MR) is 105 cm³/mol. The van der Waals surface area contributed by atoms with Crippen molar-refractivity contribution in [2.75, 3.05) is 13.1 Å². The fourth-order valence-electron chi connectivity index (χ4n) is 3.25. The molecule has 132 valence electrons. The molecule has 2 aromatic rings. The van der Waals surface area contributed by atoms with Crippen LogP contribution in [0.3, 0.4) is 0 Å². The Morgan fingerprint density at radius 2 is 1.76 bits per heavy atom. The van der Waals surface area contributed by atoms with Crippen molar-refractivity contribution in [1.29, 1.82) is 0 Å². The highest BCUT2D eigenvalue weighted by Gasteiger charge is 2.25. The number of nitrogens with zero attached hydrogens (tertiary/aromatic N) is 1. The van der Waals surface area contributed by atoms with Crippen LogP contribution in [0.5, 0.6) is 0 Å². The molecule has 1 heterocycles. The second-order valence-electron chi connectivity index (χ2n) is 6.79. The van der Waals surface area contributed by atoms with Crippen molar-refractivity contribution < 1.29 is 4.79 Å². The lowest BCUT2D eigenvalue weighted by Gasteiger charge is -2.33. The van der Waals surface area contributed by atoms with E-state index in [0.29, 0.717) is 5.92 Å². The molecule has 3 rings (SSSR count). The van der Waals surface area contributed by atoms with Gasteiger partial charge in [-0.1, -0.05) is 30.3 Å². The first-order chi connectivity index (χ1) is 12.1. The number of hydrogen-bond acceptors (Lipinski definition) is 3. The molecule has 0 spiro atoms. The topological polar surface area (TPSA) is 46.3 Å². The van der Waals surface area contributed by atoms with Crippen LogP contribution < -0.4 is 5.73 Å². The van der Waals surface area contributed by atoms with Crippen LogP contribution >= 0.6 is 11.8 Å². The van der Waals surface area contributed by atoms with E-state index in [-0.39, 0.29) is 11.9 Å². The molecule has 0 aromatic heterocycles. The van der Waals surface area contributed by atoms with Gasteiger partial charge in [0.15, 0.2) is 0 Å². The summed E-state index contributed by atoms with van der Waals surface area (Å²) in [6.07, 6.45) is 2.02. The Kier molecular flexibility index (Phi) is 6.16. The number of carbonyl (C=O) groups excluding carboxylic acids is 1. The number of piperidine rings is 1. The maximum absolute atomic E-state index is 12.7. The number of nitrogens with two attached hydrogens (primary N) is 1. The van der Waals surface area contributed by atoms with Crippen LogP contribution in [0.4, 0.5) is 0 Å². The Balaban J connectivity index is 1.54. The Morgan fingerprint density at radius 3 is 2.36 bits per heavy atom. The number of benzene rings is 2. The zero-order chi connectivity index (χ0) is 17.6. The van der Waals surface area contributed by atoms with E-state index in [9.17, 15) is 4.79 Å². The van der Waals surface area contributed by atoms with Crippen molar-refractivity contribution in [3.8, 4) is 0 Å². The molecule has 1 amide bonds. The number of likely N-dealkylation sites (tertiary alicyclic amines) is 1. The standard InChI is InChI=1S/C21H26N2OS/c1-16(22)18-11-13-23(14-12-18)21(24)19-7-9-20(10-8-19)25-15-17-5-3-2-4-6-17/h2-10,16,18H,11-15,22H2,1H3. The van der Waals surface area contributed by atoms with Crippen molar-refractivity contribution in [3.05, 3.63) is 65.7 Å². The molecule has 3 nitrogen and oxygen atoms in total. The quantitative estimate of drug-likeness (QED) is 0.820. The van der Waals surface area contributed by atoms with E-state index >= 15 is 0 Å². The number of carbonyl (C=O) groups is 1. The molecule has 0 saturated carbocycles. The second kappa shape index (κ2) is 8.54. The summed E-state index contributed by atoms with van der Waals surface area (Å²) in [5.41, 5.74) is 8.07. The second-order valence-corrected chi connectivity index (χ2v) is 7.84. The fourth-order valence-corrected chi connectivity index (χ4v) is 4.10. The maximum Gasteiger partial charge on any atom is 0.253 e. The Morgan fingerprint density at radius 1 is 1.12 bits per heavy atom. The molecular weight excluding hydrogens is 328 g/mol. The summed E-state index contributed by atoms with van der Waals surface area (Å²) >= 11 is 1.79. The van der Waals surface area contributed by atoms with Gasteiger partial charge in [-0.3, -0.25) is 4.79 Å². The van der Waals surface area contributed by atoms with Crippen molar-refractivity contribution in [3.63, 3.8) is 0 Å². The van der Waals surface area contributed by atoms with E-state index in [4.69, 9.17) is 5.73 Å². The summed E-state index contributed by atoms with van der Waals surface area (Å²) in [7, 11) is 0. The first-order valence-corrected chi connectivity index (χ1v) is 9.93. The van der Waals surface area contributed by atoms with Crippen molar-refractivity contribution in [2.45, 2.75) is 36.5 Å². The molecule has 1 saturated heterocycles. The summed E-state index contributed by atoms with van der Waals surface area (Å²) in [4.78, 5) is 15.8.